The van der Waals surface area contributed by atoms with E-state index < -0.39 is 0 Å². The van der Waals surface area contributed by atoms with Crippen molar-refractivity contribution < 1.29 is 4.74 Å². The van der Waals surface area contributed by atoms with Crippen molar-refractivity contribution in [3.8, 4) is 5.75 Å². The van der Waals surface area contributed by atoms with Crippen molar-refractivity contribution in [3.05, 3.63) is 30.0 Å². The number of nitrogens with one attached hydrogen (secondary N) is 2. The number of ether oxygens (including phenoxy) is 1. The Balaban J connectivity index is 1.99. The molecule has 3 nitrogen and oxygen atoms in total. The van der Waals surface area contributed by atoms with Crippen molar-refractivity contribution in [3.63, 3.8) is 0 Å². The predicted octanol–water partition coefficient (Wildman–Crippen LogP) is 3.42. The first-order valence-corrected chi connectivity index (χ1v) is 7.33. The van der Waals surface area contributed by atoms with Gasteiger partial charge >= 0.3 is 0 Å². The Morgan fingerprint density at radius 2 is 2.11 bits per heavy atom. The Labute approximate surface area is 114 Å². The number of piperidine rings is 1. The number of hydrogen-bond acceptors (Lipinski definition) is 2. The second-order valence-corrected chi connectivity index (χ2v) is 5.30. The molecule has 0 atom stereocenters. The summed E-state index contributed by atoms with van der Waals surface area (Å²) in [5.74, 6) is 1.69. The third-order valence-electron chi connectivity index (χ3n) is 3.94. The smallest absolute Gasteiger partial charge is 0.128 e. The van der Waals surface area contributed by atoms with Gasteiger partial charge in [-0.15, -0.1) is 0 Å². The second kappa shape index (κ2) is 5.66. The molecule has 102 valence electrons. The van der Waals surface area contributed by atoms with E-state index in [-0.39, 0.29) is 0 Å². The molecular weight excluding hydrogens is 236 g/mol. The van der Waals surface area contributed by atoms with Crippen LogP contribution in [0.25, 0.3) is 10.9 Å². The Hall–Kier alpha value is -1.48. The first-order chi connectivity index (χ1) is 9.40. The maximum Gasteiger partial charge on any atom is 0.128 e. The highest BCUT2D eigenvalue weighted by molar-refractivity contribution is 5.89. The monoisotopic (exact) mass is 258 g/mol. The van der Waals surface area contributed by atoms with Gasteiger partial charge in [-0.25, -0.2) is 0 Å². The lowest BCUT2D eigenvalue weighted by molar-refractivity contribution is 0.321. The van der Waals surface area contributed by atoms with E-state index in [1.807, 2.05) is 0 Å². The van der Waals surface area contributed by atoms with Crippen LogP contribution >= 0.6 is 0 Å². The van der Waals surface area contributed by atoms with E-state index in [1.165, 1.54) is 29.3 Å². The molecule has 0 radical (unpaired) electrons. The van der Waals surface area contributed by atoms with E-state index in [9.17, 15) is 0 Å². The molecule has 3 heteroatoms. The molecule has 1 fully saturated rings. The molecule has 1 aromatic carbocycles. The summed E-state index contributed by atoms with van der Waals surface area (Å²) >= 11 is 0. The standard InChI is InChI=1S/C16H22N2O/c1-2-10-19-15-5-3-4-14-16(15)13(11-18-14)12-6-8-17-9-7-12/h3-5,11-12,17-18H,2,6-10H2,1H3. The van der Waals surface area contributed by atoms with Crippen molar-refractivity contribution in [2.45, 2.75) is 32.1 Å². The van der Waals surface area contributed by atoms with Gasteiger partial charge < -0.3 is 15.0 Å². The maximum atomic E-state index is 5.92. The van der Waals surface area contributed by atoms with Crippen LogP contribution in [0.1, 0.15) is 37.7 Å². The fraction of sp³-hybridized carbons (Fsp3) is 0.500. The van der Waals surface area contributed by atoms with Crippen LogP contribution in [-0.4, -0.2) is 24.7 Å². The fourth-order valence-electron chi connectivity index (χ4n) is 2.96. The minimum atomic E-state index is 0.654. The molecule has 1 aliphatic heterocycles. The zero-order valence-corrected chi connectivity index (χ0v) is 11.5. The molecule has 19 heavy (non-hydrogen) atoms. The summed E-state index contributed by atoms with van der Waals surface area (Å²) in [6.45, 7) is 5.17. The van der Waals surface area contributed by atoms with E-state index in [0.29, 0.717) is 5.92 Å². The number of aromatic amines is 1. The van der Waals surface area contributed by atoms with E-state index in [4.69, 9.17) is 4.74 Å². The molecule has 0 aliphatic carbocycles. The van der Waals surface area contributed by atoms with E-state index in [1.54, 1.807) is 0 Å². The van der Waals surface area contributed by atoms with Crippen molar-refractivity contribution in [1.82, 2.24) is 10.3 Å². The second-order valence-electron chi connectivity index (χ2n) is 5.30. The summed E-state index contributed by atoms with van der Waals surface area (Å²) < 4.78 is 5.92. The van der Waals surface area contributed by atoms with Gasteiger partial charge in [0.1, 0.15) is 5.75 Å². The number of fused-ring (bicyclic) bond motifs is 1. The first-order valence-electron chi connectivity index (χ1n) is 7.33. The van der Waals surface area contributed by atoms with Crippen LogP contribution in [0.5, 0.6) is 5.75 Å². The van der Waals surface area contributed by atoms with Crippen LogP contribution in [0, 0.1) is 0 Å². The number of aromatic nitrogens is 1. The lowest BCUT2D eigenvalue weighted by Crippen LogP contribution is -2.26. The summed E-state index contributed by atoms with van der Waals surface area (Å²) in [6.07, 6.45) is 5.66. The van der Waals surface area contributed by atoms with E-state index in [2.05, 4.69) is 41.6 Å². The highest BCUT2D eigenvalue weighted by atomic mass is 16.5. The van der Waals surface area contributed by atoms with E-state index in [0.717, 1.165) is 31.9 Å². The van der Waals surface area contributed by atoms with Crippen LogP contribution in [0.3, 0.4) is 0 Å². The zero-order valence-electron chi connectivity index (χ0n) is 11.5. The van der Waals surface area contributed by atoms with E-state index >= 15 is 0 Å². The van der Waals surface area contributed by atoms with Gasteiger partial charge in [0.15, 0.2) is 0 Å². The molecule has 1 saturated heterocycles. The summed E-state index contributed by atoms with van der Waals surface area (Å²) in [5, 5.41) is 4.73. The summed E-state index contributed by atoms with van der Waals surface area (Å²) in [7, 11) is 0. The number of benzene rings is 1. The third kappa shape index (κ3) is 2.47. The van der Waals surface area contributed by atoms with Crippen LogP contribution < -0.4 is 10.1 Å². The highest BCUT2D eigenvalue weighted by Gasteiger charge is 2.20. The normalized spacial score (nSPS) is 16.9. The van der Waals surface area contributed by atoms with Gasteiger partial charge in [0.2, 0.25) is 0 Å². The predicted molar refractivity (Wildman–Crippen MR) is 78.9 cm³/mol. The fourth-order valence-corrected chi connectivity index (χ4v) is 2.96. The molecule has 1 aromatic heterocycles. The summed E-state index contributed by atoms with van der Waals surface area (Å²) in [4.78, 5) is 3.40. The molecule has 0 bridgehead atoms. The Morgan fingerprint density at radius 3 is 2.89 bits per heavy atom. The topological polar surface area (TPSA) is 37.0 Å². The molecule has 2 aromatic rings. The molecule has 1 aliphatic rings. The Bertz CT molecular complexity index is 541. The molecule has 2 N–H and O–H groups in total. The number of rotatable bonds is 4. The SMILES string of the molecule is CCCOc1cccc2[nH]cc(C3CCNCC3)c12. The average Bonchev–Trinajstić information content (AvgIpc) is 2.90. The van der Waals surface area contributed by atoms with Crippen molar-refractivity contribution >= 4 is 10.9 Å². The largest absolute Gasteiger partial charge is 0.493 e. The maximum absolute atomic E-state index is 5.92. The molecule has 0 saturated carbocycles. The lowest BCUT2D eigenvalue weighted by Gasteiger charge is -2.22. The molecule has 3 rings (SSSR count). The van der Waals surface area contributed by atoms with Gasteiger partial charge in [-0.2, -0.15) is 0 Å². The minimum absolute atomic E-state index is 0.654. The molecule has 0 amide bonds. The van der Waals surface area contributed by atoms with Gasteiger partial charge in [-0.05, 0) is 56.0 Å². The van der Waals surface area contributed by atoms with Gasteiger partial charge in [-0.3, -0.25) is 0 Å². The van der Waals surface area contributed by atoms with Crippen LogP contribution in [0.15, 0.2) is 24.4 Å². The van der Waals surface area contributed by atoms with Crippen molar-refractivity contribution in [2.75, 3.05) is 19.7 Å². The lowest BCUT2D eigenvalue weighted by atomic mass is 9.90. The quantitative estimate of drug-likeness (QED) is 0.881. The summed E-state index contributed by atoms with van der Waals surface area (Å²) in [5.41, 5.74) is 2.63. The first kappa shape index (κ1) is 12.5. The van der Waals surface area contributed by atoms with Gasteiger partial charge in [0.25, 0.3) is 0 Å². The van der Waals surface area contributed by atoms with Gasteiger partial charge in [0.05, 0.1) is 6.61 Å². The zero-order chi connectivity index (χ0) is 13.1. The minimum Gasteiger partial charge on any atom is -0.493 e. The van der Waals surface area contributed by atoms with Crippen LogP contribution in [0.4, 0.5) is 0 Å². The Morgan fingerprint density at radius 1 is 1.26 bits per heavy atom. The number of hydrogen-bond donors (Lipinski definition) is 2. The molecule has 0 unspecified atom stereocenters. The van der Waals surface area contributed by atoms with Gasteiger partial charge in [-0.1, -0.05) is 13.0 Å². The molecular formula is C16H22N2O. The average molecular weight is 258 g/mol. The van der Waals surface area contributed by atoms with Crippen molar-refractivity contribution in [2.24, 2.45) is 0 Å². The number of H-pyrrole nitrogens is 1. The summed E-state index contributed by atoms with van der Waals surface area (Å²) in [6, 6.07) is 6.30. The molecule has 0 spiro atoms. The Kier molecular flexibility index (Phi) is 3.74. The van der Waals surface area contributed by atoms with Crippen LogP contribution in [0.2, 0.25) is 0 Å². The highest BCUT2D eigenvalue weighted by Crippen LogP contribution is 2.36. The third-order valence-corrected chi connectivity index (χ3v) is 3.94. The molecule has 2 heterocycles. The van der Waals surface area contributed by atoms with Crippen LogP contribution in [-0.2, 0) is 0 Å². The van der Waals surface area contributed by atoms with Gasteiger partial charge in [0, 0.05) is 17.1 Å². The van der Waals surface area contributed by atoms with Crippen molar-refractivity contribution in [1.29, 1.82) is 0 Å².